The normalized spacial score (nSPS) is 21.2. The van der Waals surface area contributed by atoms with Crippen LogP contribution < -0.4 is 0 Å². The molecule has 4 rings (SSSR count). The first-order chi connectivity index (χ1) is 13.6. The number of Topliss-reactive ketones (excluding diaryl/α,β-unsaturated/α-hetero) is 1. The molecule has 3 heteroatoms. The van der Waals surface area contributed by atoms with Gasteiger partial charge in [-0.1, -0.05) is 94.7 Å². The standard InChI is InChI=1S/C25H28Br2O/c26-21-11-7-19(8-12-21)24(15-3-1-4-16-24)23(28)25(17-5-2-6-18-25)20-9-13-22(27)14-10-20/h7-14H,1-6,15-18H2. The van der Waals surface area contributed by atoms with Gasteiger partial charge in [-0.15, -0.1) is 0 Å². The molecule has 0 unspecified atom stereocenters. The molecule has 0 heterocycles. The van der Waals surface area contributed by atoms with Crippen LogP contribution in [0.5, 0.6) is 0 Å². The van der Waals surface area contributed by atoms with Gasteiger partial charge in [-0.25, -0.2) is 0 Å². The third kappa shape index (κ3) is 3.65. The van der Waals surface area contributed by atoms with E-state index in [1.54, 1.807) is 0 Å². The minimum absolute atomic E-state index is 0.330. The number of rotatable bonds is 4. The minimum Gasteiger partial charge on any atom is -0.298 e. The summed E-state index contributed by atoms with van der Waals surface area (Å²) in [6.07, 6.45) is 11.1. The first-order valence-electron chi connectivity index (χ1n) is 10.6. The largest absolute Gasteiger partial charge is 0.298 e. The van der Waals surface area contributed by atoms with Crippen molar-refractivity contribution >= 4 is 37.6 Å². The van der Waals surface area contributed by atoms with Gasteiger partial charge >= 0.3 is 0 Å². The molecular formula is C25H28Br2O. The third-order valence-electron chi connectivity index (χ3n) is 7.08. The van der Waals surface area contributed by atoms with E-state index in [1.807, 2.05) is 0 Å². The average Bonchev–Trinajstić information content (AvgIpc) is 2.75. The van der Waals surface area contributed by atoms with Gasteiger partial charge in [0.2, 0.25) is 0 Å². The Hall–Kier alpha value is -0.930. The van der Waals surface area contributed by atoms with Crippen molar-refractivity contribution in [2.24, 2.45) is 0 Å². The number of hydrogen-bond donors (Lipinski definition) is 0. The smallest absolute Gasteiger partial charge is 0.153 e. The van der Waals surface area contributed by atoms with Crippen LogP contribution in [-0.2, 0) is 15.6 Å². The highest BCUT2D eigenvalue weighted by molar-refractivity contribution is 9.10. The maximum absolute atomic E-state index is 14.5. The van der Waals surface area contributed by atoms with Gasteiger partial charge in [-0.2, -0.15) is 0 Å². The molecule has 0 amide bonds. The van der Waals surface area contributed by atoms with E-state index in [2.05, 4.69) is 80.4 Å². The van der Waals surface area contributed by atoms with Gasteiger partial charge in [-0.3, -0.25) is 4.79 Å². The summed E-state index contributed by atoms with van der Waals surface area (Å²) in [7, 11) is 0. The number of hydrogen-bond acceptors (Lipinski definition) is 1. The van der Waals surface area contributed by atoms with Gasteiger partial charge in [-0.05, 0) is 61.1 Å². The molecule has 148 valence electrons. The van der Waals surface area contributed by atoms with Gasteiger partial charge in [0.25, 0.3) is 0 Å². The van der Waals surface area contributed by atoms with E-state index >= 15 is 0 Å². The van der Waals surface area contributed by atoms with Crippen LogP contribution in [-0.4, -0.2) is 5.78 Å². The second kappa shape index (κ2) is 8.44. The lowest BCUT2D eigenvalue weighted by atomic mass is 9.55. The van der Waals surface area contributed by atoms with Crippen LogP contribution in [0.1, 0.15) is 75.3 Å². The van der Waals surface area contributed by atoms with Crippen LogP contribution in [0.15, 0.2) is 57.5 Å². The first kappa shape index (κ1) is 20.3. The zero-order valence-corrected chi connectivity index (χ0v) is 19.5. The SMILES string of the molecule is O=C(C1(c2ccc(Br)cc2)CCCCC1)C1(c2ccc(Br)cc2)CCCCC1. The van der Waals surface area contributed by atoms with E-state index in [4.69, 9.17) is 0 Å². The quantitative estimate of drug-likeness (QED) is 0.414. The van der Waals surface area contributed by atoms with E-state index in [9.17, 15) is 4.79 Å². The highest BCUT2D eigenvalue weighted by Gasteiger charge is 2.52. The fraction of sp³-hybridized carbons (Fsp3) is 0.480. The summed E-state index contributed by atoms with van der Waals surface area (Å²) in [5.41, 5.74) is 1.79. The Morgan fingerprint density at radius 2 is 0.893 bits per heavy atom. The molecule has 28 heavy (non-hydrogen) atoms. The molecule has 1 nitrogen and oxygen atoms in total. The summed E-state index contributed by atoms with van der Waals surface area (Å²) in [5, 5.41) is 0. The Morgan fingerprint density at radius 3 is 1.21 bits per heavy atom. The maximum atomic E-state index is 14.5. The summed E-state index contributed by atoms with van der Waals surface area (Å²) >= 11 is 7.13. The van der Waals surface area contributed by atoms with E-state index in [-0.39, 0.29) is 10.8 Å². The Kier molecular flexibility index (Phi) is 6.13. The molecule has 0 spiro atoms. The second-order valence-electron chi connectivity index (χ2n) is 8.63. The van der Waals surface area contributed by atoms with E-state index in [0.717, 1.165) is 60.3 Å². The van der Waals surface area contributed by atoms with Crippen molar-refractivity contribution in [1.29, 1.82) is 0 Å². The molecule has 2 fully saturated rings. The molecule has 0 atom stereocenters. The van der Waals surface area contributed by atoms with E-state index in [1.165, 1.54) is 24.0 Å². The molecule has 2 saturated carbocycles. The summed E-state index contributed by atoms with van der Waals surface area (Å²) in [5.74, 6) is 0.490. The van der Waals surface area contributed by atoms with Gasteiger partial charge in [0.1, 0.15) is 0 Å². The van der Waals surface area contributed by atoms with Gasteiger partial charge < -0.3 is 0 Å². The lowest BCUT2D eigenvalue weighted by Gasteiger charge is -2.46. The Balaban J connectivity index is 1.82. The van der Waals surface area contributed by atoms with Crippen LogP contribution in [0.4, 0.5) is 0 Å². The molecular weight excluding hydrogens is 476 g/mol. The molecule has 2 aliphatic carbocycles. The molecule has 0 saturated heterocycles. The first-order valence-corrected chi connectivity index (χ1v) is 12.2. The Labute approximate surface area is 185 Å². The van der Waals surface area contributed by atoms with E-state index in [0.29, 0.717) is 5.78 Å². The zero-order valence-electron chi connectivity index (χ0n) is 16.4. The summed E-state index contributed by atoms with van der Waals surface area (Å²) in [6.45, 7) is 0. The highest BCUT2D eigenvalue weighted by Crippen LogP contribution is 2.50. The summed E-state index contributed by atoms with van der Waals surface area (Å²) in [6, 6.07) is 17.2. The van der Waals surface area contributed by atoms with Crippen LogP contribution in [0.3, 0.4) is 0 Å². The highest BCUT2D eigenvalue weighted by atomic mass is 79.9. The molecule has 0 aliphatic heterocycles. The number of carbonyl (C=O) groups excluding carboxylic acids is 1. The predicted molar refractivity (Wildman–Crippen MR) is 123 cm³/mol. The average molecular weight is 504 g/mol. The van der Waals surface area contributed by atoms with Crippen molar-refractivity contribution in [3.05, 3.63) is 68.6 Å². The second-order valence-corrected chi connectivity index (χ2v) is 10.5. The Morgan fingerprint density at radius 1 is 0.571 bits per heavy atom. The van der Waals surface area contributed by atoms with Crippen molar-refractivity contribution in [1.82, 2.24) is 0 Å². The number of carbonyl (C=O) groups is 1. The number of benzene rings is 2. The van der Waals surface area contributed by atoms with Crippen LogP contribution in [0.25, 0.3) is 0 Å². The lowest BCUT2D eigenvalue weighted by molar-refractivity contribution is -0.133. The summed E-state index contributed by atoms with van der Waals surface area (Å²) in [4.78, 5) is 14.5. The lowest BCUT2D eigenvalue weighted by Crippen LogP contribution is -2.51. The van der Waals surface area contributed by atoms with Gasteiger partial charge in [0.05, 0.1) is 10.8 Å². The number of halogens is 2. The van der Waals surface area contributed by atoms with Crippen molar-refractivity contribution in [2.75, 3.05) is 0 Å². The Bertz CT molecular complexity index is 741. The molecule has 0 radical (unpaired) electrons. The third-order valence-corrected chi connectivity index (χ3v) is 8.13. The molecule has 2 aromatic carbocycles. The topological polar surface area (TPSA) is 17.1 Å². The zero-order chi connectivity index (χ0) is 19.6. The van der Waals surface area contributed by atoms with Crippen LogP contribution >= 0.6 is 31.9 Å². The van der Waals surface area contributed by atoms with Crippen LogP contribution in [0.2, 0.25) is 0 Å². The predicted octanol–water partition coefficient (Wildman–Crippen LogP) is 7.88. The number of ketones is 1. The summed E-state index contributed by atoms with van der Waals surface area (Å²) < 4.78 is 2.16. The van der Waals surface area contributed by atoms with E-state index < -0.39 is 0 Å². The fourth-order valence-corrected chi connectivity index (χ4v) is 6.13. The van der Waals surface area contributed by atoms with Crippen molar-refractivity contribution in [3.8, 4) is 0 Å². The van der Waals surface area contributed by atoms with Crippen molar-refractivity contribution < 1.29 is 4.79 Å². The molecule has 2 aromatic rings. The monoisotopic (exact) mass is 502 g/mol. The minimum atomic E-state index is -0.330. The molecule has 0 bridgehead atoms. The maximum Gasteiger partial charge on any atom is 0.153 e. The molecule has 0 aromatic heterocycles. The molecule has 2 aliphatic rings. The van der Waals surface area contributed by atoms with Gasteiger partial charge in [0, 0.05) is 8.95 Å². The van der Waals surface area contributed by atoms with Crippen LogP contribution in [0, 0.1) is 0 Å². The van der Waals surface area contributed by atoms with Crippen molar-refractivity contribution in [3.63, 3.8) is 0 Å². The van der Waals surface area contributed by atoms with Gasteiger partial charge in [0.15, 0.2) is 5.78 Å². The fourth-order valence-electron chi connectivity index (χ4n) is 5.60. The van der Waals surface area contributed by atoms with Crippen molar-refractivity contribution in [2.45, 2.75) is 75.0 Å². The molecule has 0 N–H and O–H groups in total.